The molecule has 0 spiro atoms. The van der Waals surface area contributed by atoms with Crippen molar-refractivity contribution in [3.63, 3.8) is 0 Å². The van der Waals surface area contributed by atoms with E-state index in [1.165, 1.54) is 5.57 Å². The van der Waals surface area contributed by atoms with E-state index in [1.54, 1.807) is 0 Å². The fourth-order valence-corrected chi connectivity index (χ4v) is 10.3. The van der Waals surface area contributed by atoms with Crippen LogP contribution in [0.3, 0.4) is 0 Å². The van der Waals surface area contributed by atoms with Gasteiger partial charge in [0.25, 0.3) is 0 Å². The molecule has 0 radical (unpaired) electrons. The molecule has 5 aliphatic rings. The van der Waals surface area contributed by atoms with E-state index in [9.17, 15) is 24.6 Å². The Morgan fingerprint density at radius 1 is 0.972 bits per heavy atom. The van der Waals surface area contributed by atoms with E-state index in [0.29, 0.717) is 24.8 Å². The first-order chi connectivity index (χ1) is 16.5. The summed E-state index contributed by atoms with van der Waals surface area (Å²) in [5.41, 5.74) is -0.645. The van der Waals surface area contributed by atoms with E-state index < -0.39 is 22.2 Å². The molecule has 8 atom stereocenters. The zero-order chi connectivity index (χ0) is 26.7. The van der Waals surface area contributed by atoms with E-state index in [2.05, 4.69) is 27.7 Å². The summed E-state index contributed by atoms with van der Waals surface area (Å²) >= 11 is 0. The van der Waals surface area contributed by atoms with Crippen LogP contribution in [0.2, 0.25) is 0 Å². The Balaban J connectivity index is 1.65. The molecular weight excluding hydrogens is 452 g/mol. The smallest absolute Gasteiger partial charge is 0.309 e. The molecule has 0 aromatic rings. The minimum Gasteiger partial charge on any atom is -0.515 e. The molecular formula is C31H44O5. The van der Waals surface area contributed by atoms with Gasteiger partial charge in [-0.05, 0) is 97.9 Å². The molecule has 5 aliphatic carbocycles. The van der Waals surface area contributed by atoms with Gasteiger partial charge in [0.1, 0.15) is 0 Å². The molecule has 0 aliphatic heterocycles. The quantitative estimate of drug-likeness (QED) is 0.312. The van der Waals surface area contributed by atoms with Gasteiger partial charge in [0.2, 0.25) is 0 Å². The molecule has 2 N–H and O–H groups in total. The second kappa shape index (κ2) is 7.35. The van der Waals surface area contributed by atoms with Crippen molar-refractivity contribution in [2.45, 2.75) is 99.8 Å². The number of allylic oxidation sites excluding steroid dienone is 3. The van der Waals surface area contributed by atoms with Crippen LogP contribution in [0.15, 0.2) is 23.5 Å². The Morgan fingerprint density at radius 3 is 2.22 bits per heavy atom. The highest BCUT2D eigenvalue weighted by molar-refractivity contribution is 6.02. The molecule has 0 amide bonds. The Hall–Kier alpha value is -1.91. The van der Waals surface area contributed by atoms with Crippen molar-refractivity contribution >= 4 is 17.5 Å². The number of hydrogen-bond acceptors (Lipinski definition) is 4. The molecule has 198 valence electrons. The van der Waals surface area contributed by atoms with Crippen molar-refractivity contribution in [1.82, 2.24) is 0 Å². The predicted molar refractivity (Wildman–Crippen MR) is 138 cm³/mol. The summed E-state index contributed by atoms with van der Waals surface area (Å²) in [6, 6.07) is 0. The molecule has 4 saturated carbocycles. The van der Waals surface area contributed by atoms with Gasteiger partial charge in [0, 0.05) is 16.9 Å². The van der Waals surface area contributed by atoms with Crippen LogP contribution < -0.4 is 0 Å². The van der Waals surface area contributed by atoms with Crippen molar-refractivity contribution in [1.29, 1.82) is 0 Å². The first kappa shape index (κ1) is 25.7. The summed E-state index contributed by atoms with van der Waals surface area (Å²) in [5, 5.41) is 20.1. The fraction of sp³-hybridized carbons (Fsp3) is 0.774. The monoisotopic (exact) mass is 496 g/mol. The van der Waals surface area contributed by atoms with Gasteiger partial charge in [-0.1, -0.05) is 47.1 Å². The summed E-state index contributed by atoms with van der Waals surface area (Å²) in [6.45, 7) is 15.0. The van der Waals surface area contributed by atoms with Crippen LogP contribution in [-0.2, 0) is 14.4 Å². The number of carboxylic acids is 1. The first-order valence-corrected chi connectivity index (χ1v) is 13.9. The lowest BCUT2D eigenvalue weighted by Gasteiger charge is -2.69. The molecule has 5 nitrogen and oxygen atoms in total. The van der Waals surface area contributed by atoms with Crippen molar-refractivity contribution < 1.29 is 24.6 Å². The molecule has 0 aromatic heterocycles. The number of aliphatic hydroxyl groups excluding tert-OH is 1. The fourth-order valence-electron chi connectivity index (χ4n) is 10.3. The van der Waals surface area contributed by atoms with Gasteiger partial charge in [-0.3, -0.25) is 14.4 Å². The number of fused-ring (bicyclic) bond motifs is 7. The van der Waals surface area contributed by atoms with Crippen LogP contribution in [0.4, 0.5) is 0 Å². The first-order valence-electron chi connectivity index (χ1n) is 13.9. The van der Waals surface area contributed by atoms with Crippen LogP contribution in [0, 0.1) is 50.2 Å². The Bertz CT molecular complexity index is 1110. The van der Waals surface area contributed by atoms with E-state index in [4.69, 9.17) is 0 Å². The normalized spacial score (nSPS) is 50.9. The number of aliphatic carboxylic acids is 1. The number of carboxylic acid groups (broad SMARTS) is 1. The molecule has 0 heterocycles. The van der Waals surface area contributed by atoms with E-state index in [1.807, 2.05) is 26.8 Å². The predicted octanol–water partition coefficient (Wildman–Crippen LogP) is 6.67. The van der Waals surface area contributed by atoms with E-state index in [0.717, 1.165) is 38.4 Å². The summed E-state index contributed by atoms with van der Waals surface area (Å²) in [6.07, 6.45) is 9.31. The molecule has 1 unspecified atom stereocenters. The average Bonchev–Trinajstić information content (AvgIpc) is 2.78. The lowest BCUT2D eigenvalue weighted by Crippen LogP contribution is -2.66. The zero-order valence-electron chi connectivity index (χ0n) is 23.2. The molecule has 4 fully saturated rings. The van der Waals surface area contributed by atoms with Crippen molar-refractivity contribution in [3.8, 4) is 0 Å². The number of carbonyl (C=O) groups excluding carboxylic acids is 2. The van der Waals surface area contributed by atoms with Crippen LogP contribution in [0.25, 0.3) is 0 Å². The molecule has 5 heteroatoms. The van der Waals surface area contributed by atoms with Crippen LogP contribution >= 0.6 is 0 Å². The van der Waals surface area contributed by atoms with Crippen LogP contribution in [0.5, 0.6) is 0 Å². The number of Topliss-reactive ketones (excluding diaryl/α,β-unsaturated/α-hetero) is 1. The second-order valence-electron chi connectivity index (χ2n) is 14.9. The van der Waals surface area contributed by atoms with Gasteiger partial charge in [0.15, 0.2) is 11.6 Å². The molecule has 0 bridgehead atoms. The summed E-state index contributed by atoms with van der Waals surface area (Å²) in [4.78, 5) is 39.8. The summed E-state index contributed by atoms with van der Waals surface area (Å²) in [7, 11) is 0. The van der Waals surface area contributed by atoms with Gasteiger partial charge in [-0.2, -0.15) is 0 Å². The van der Waals surface area contributed by atoms with Crippen molar-refractivity contribution in [2.75, 3.05) is 0 Å². The molecule has 5 rings (SSSR count). The third-order valence-electron chi connectivity index (χ3n) is 12.8. The third kappa shape index (κ3) is 2.92. The Kier molecular flexibility index (Phi) is 5.25. The van der Waals surface area contributed by atoms with Gasteiger partial charge >= 0.3 is 5.97 Å². The van der Waals surface area contributed by atoms with E-state index >= 15 is 0 Å². The molecule has 0 aromatic carbocycles. The van der Waals surface area contributed by atoms with Crippen LogP contribution in [0.1, 0.15) is 99.8 Å². The third-order valence-corrected chi connectivity index (χ3v) is 12.8. The number of hydrogen-bond donors (Lipinski definition) is 2. The highest BCUT2D eigenvalue weighted by atomic mass is 16.4. The Labute approximate surface area is 215 Å². The highest BCUT2D eigenvalue weighted by Gasteiger charge is 2.70. The minimum absolute atomic E-state index is 0.00498. The SMILES string of the molecule is CC1(C(=O)O)CC[C@]2(C)CC[C@]3(C)C(=CC(=O)[C@@H]4[C@@]5(C)CC(=CO)C(=O)C(C)(C)[C@@H]5CC[C@]43C)[C@H]2C1. The average molecular weight is 497 g/mol. The minimum atomic E-state index is -0.762. The number of ketones is 2. The van der Waals surface area contributed by atoms with Crippen molar-refractivity contribution in [3.05, 3.63) is 23.5 Å². The van der Waals surface area contributed by atoms with E-state index in [-0.39, 0.29) is 45.6 Å². The van der Waals surface area contributed by atoms with Crippen LogP contribution in [-0.4, -0.2) is 27.7 Å². The van der Waals surface area contributed by atoms with Gasteiger partial charge in [-0.25, -0.2) is 0 Å². The maximum atomic E-state index is 14.3. The summed E-state index contributed by atoms with van der Waals surface area (Å²) in [5.74, 6) is -0.652. The number of carbonyl (C=O) groups is 3. The largest absolute Gasteiger partial charge is 0.515 e. The topological polar surface area (TPSA) is 91.7 Å². The number of aliphatic hydroxyl groups is 1. The maximum Gasteiger partial charge on any atom is 0.309 e. The lowest BCUT2D eigenvalue weighted by molar-refractivity contribution is -0.183. The lowest BCUT2D eigenvalue weighted by atomic mass is 9.33. The molecule has 36 heavy (non-hydrogen) atoms. The summed E-state index contributed by atoms with van der Waals surface area (Å²) < 4.78 is 0. The van der Waals surface area contributed by atoms with Gasteiger partial charge in [-0.15, -0.1) is 0 Å². The standard InChI is InChI=1S/C31H44O5/c1-26(2)22-8-9-31(7)23(29(22,5)15-18(17-32)24(26)34)21(33)14-19-20-16-28(4,25(35)36)11-10-27(20,3)12-13-30(19,31)6/h14,17,20,22-23,32H,8-13,15-16H2,1-7H3,(H,35,36)/t20-,22+,23-,27-,28?,29+,30-,31-/m1/s1. The zero-order valence-corrected chi connectivity index (χ0v) is 23.2. The van der Waals surface area contributed by atoms with Crippen molar-refractivity contribution in [2.24, 2.45) is 50.2 Å². The highest BCUT2D eigenvalue weighted by Crippen LogP contribution is 2.75. The number of rotatable bonds is 1. The Morgan fingerprint density at radius 2 is 1.61 bits per heavy atom. The van der Waals surface area contributed by atoms with Gasteiger partial charge in [0.05, 0.1) is 11.7 Å². The maximum absolute atomic E-state index is 14.3. The molecule has 0 saturated heterocycles. The van der Waals surface area contributed by atoms with Gasteiger partial charge < -0.3 is 10.2 Å². The second-order valence-corrected chi connectivity index (χ2v) is 14.9.